The van der Waals surface area contributed by atoms with Crippen molar-refractivity contribution in [2.45, 2.75) is 0 Å². The molecule has 0 N–H and O–H groups in total. The second kappa shape index (κ2) is 4.16. The van der Waals surface area contributed by atoms with Gasteiger partial charge >= 0.3 is 11.8 Å². The Morgan fingerprint density at radius 2 is 2.18 bits per heavy atom. The maximum atomic E-state index is 11.8. The zero-order valence-corrected chi connectivity index (χ0v) is 9.19. The van der Waals surface area contributed by atoms with Gasteiger partial charge in [0.1, 0.15) is 5.69 Å². The van der Waals surface area contributed by atoms with Crippen LogP contribution in [0.5, 0.6) is 0 Å². The molecule has 0 aliphatic heterocycles. The normalized spacial score (nSPS) is 10.2. The molecule has 0 aliphatic carbocycles. The lowest BCUT2D eigenvalue weighted by atomic mass is 10.4. The first-order valence-electron chi connectivity index (χ1n) is 4.68. The van der Waals surface area contributed by atoms with E-state index in [1.54, 1.807) is 0 Å². The van der Waals surface area contributed by atoms with E-state index >= 15 is 0 Å². The summed E-state index contributed by atoms with van der Waals surface area (Å²) >= 11 is 0. The SMILES string of the molecule is CN(C)C(=O)n1c(-c2cnccn2)noc1=O. The van der Waals surface area contributed by atoms with E-state index in [2.05, 4.69) is 19.6 Å². The predicted octanol–water partition coefficient (Wildman–Crippen LogP) is -0.177. The molecule has 0 bridgehead atoms. The Morgan fingerprint density at radius 3 is 2.76 bits per heavy atom. The highest BCUT2D eigenvalue weighted by Gasteiger charge is 2.21. The lowest BCUT2D eigenvalue weighted by Gasteiger charge is -2.09. The van der Waals surface area contributed by atoms with Gasteiger partial charge in [-0.25, -0.2) is 14.6 Å². The summed E-state index contributed by atoms with van der Waals surface area (Å²) in [7, 11) is 3.03. The van der Waals surface area contributed by atoms with Gasteiger partial charge in [0.15, 0.2) is 0 Å². The van der Waals surface area contributed by atoms with Crippen molar-refractivity contribution in [1.29, 1.82) is 0 Å². The maximum Gasteiger partial charge on any atom is 0.450 e. The molecule has 2 aromatic heterocycles. The Morgan fingerprint density at radius 1 is 1.41 bits per heavy atom. The summed E-state index contributed by atoms with van der Waals surface area (Å²) in [5, 5.41) is 3.51. The fourth-order valence-electron chi connectivity index (χ4n) is 1.19. The van der Waals surface area contributed by atoms with E-state index in [0.717, 1.165) is 4.57 Å². The molecule has 1 amide bonds. The summed E-state index contributed by atoms with van der Waals surface area (Å²) in [4.78, 5) is 32.2. The average molecular weight is 235 g/mol. The highest BCUT2D eigenvalue weighted by molar-refractivity contribution is 5.79. The lowest BCUT2D eigenvalue weighted by molar-refractivity contribution is 0.217. The van der Waals surface area contributed by atoms with Gasteiger partial charge in [0.05, 0.1) is 6.20 Å². The van der Waals surface area contributed by atoms with Crippen LogP contribution in [-0.2, 0) is 0 Å². The molecular weight excluding hydrogens is 226 g/mol. The molecule has 8 heteroatoms. The molecule has 88 valence electrons. The number of aromatic nitrogens is 4. The van der Waals surface area contributed by atoms with Crippen LogP contribution in [-0.4, -0.2) is 44.7 Å². The first-order valence-corrected chi connectivity index (χ1v) is 4.68. The second-order valence-electron chi connectivity index (χ2n) is 3.38. The van der Waals surface area contributed by atoms with Gasteiger partial charge in [-0.15, -0.1) is 0 Å². The predicted molar refractivity (Wildman–Crippen MR) is 56.3 cm³/mol. The maximum absolute atomic E-state index is 11.8. The Bertz CT molecular complexity index is 586. The number of carbonyl (C=O) groups is 1. The standard InChI is InChI=1S/C9H9N5O3/c1-13(2)8(15)14-7(12-17-9(14)16)6-5-10-3-4-11-6/h3-5H,1-2H3. The first kappa shape index (κ1) is 11.0. The minimum atomic E-state index is -0.857. The largest absolute Gasteiger partial charge is 0.450 e. The topological polar surface area (TPSA) is 94.1 Å². The van der Waals surface area contributed by atoms with E-state index in [4.69, 9.17) is 0 Å². The van der Waals surface area contributed by atoms with Gasteiger partial charge in [0, 0.05) is 26.5 Å². The number of rotatable bonds is 1. The van der Waals surface area contributed by atoms with E-state index in [-0.39, 0.29) is 11.5 Å². The van der Waals surface area contributed by atoms with Gasteiger partial charge in [0.2, 0.25) is 5.82 Å². The number of nitrogens with zero attached hydrogens (tertiary/aromatic N) is 5. The lowest BCUT2D eigenvalue weighted by Crippen LogP contribution is -2.34. The highest BCUT2D eigenvalue weighted by atomic mass is 16.5. The van der Waals surface area contributed by atoms with Gasteiger partial charge in [-0.3, -0.25) is 9.51 Å². The summed E-state index contributed by atoms with van der Waals surface area (Å²) < 4.78 is 5.26. The van der Waals surface area contributed by atoms with E-state index < -0.39 is 11.8 Å². The van der Waals surface area contributed by atoms with Crippen molar-refractivity contribution in [3.8, 4) is 11.5 Å². The van der Waals surface area contributed by atoms with Crippen molar-refractivity contribution in [3.63, 3.8) is 0 Å². The zero-order valence-electron chi connectivity index (χ0n) is 9.19. The third kappa shape index (κ3) is 1.92. The van der Waals surface area contributed by atoms with E-state index in [1.807, 2.05) is 0 Å². The van der Waals surface area contributed by atoms with Crippen molar-refractivity contribution in [3.05, 3.63) is 29.1 Å². The molecular formula is C9H9N5O3. The number of hydrogen-bond acceptors (Lipinski definition) is 6. The zero-order chi connectivity index (χ0) is 12.4. The van der Waals surface area contributed by atoms with Gasteiger partial charge in [-0.2, -0.15) is 4.57 Å². The van der Waals surface area contributed by atoms with E-state index in [0.29, 0.717) is 0 Å². The van der Waals surface area contributed by atoms with Crippen LogP contribution in [0.15, 0.2) is 27.9 Å². The van der Waals surface area contributed by atoms with Gasteiger partial charge < -0.3 is 4.90 Å². The van der Waals surface area contributed by atoms with Crippen molar-refractivity contribution in [2.24, 2.45) is 0 Å². The molecule has 2 aromatic rings. The molecule has 0 spiro atoms. The molecule has 8 nitrogen and oxygen atoms in total. The second-order valence-corrected chi connectivity index (χ2v) is 3.38. The molecule has 0 unspecified atom stereocenters. The van der Waals surface area contributed by atoms with Crippen LogP contribution < -0.4 is 5.76 Å². The molecule has 0 saturated heterocycles. The Balaban J connectivity index is 2.58. The summed E-state index contributed by atoms with van der Waals surface area (Å²) in [5.74, 6) is -0.828. The van der Waals surface area contributed by atoms with Crippen molar-refractivity contribution < 1.29 is 9.32 Å². The summed E-state index contributed by atoms with van der Waals surface area (Å²) in [6.07, 6.45) is 4.29. The summed E-state index contributed by atoms with van der Waals surface area (Å²) in [6, 6.07) is -0.558. The summed E-state index contributed by atoms with van der Waals surface area (Å²) in [6.45, 7) is 0. The third-order valence-corrected chi connectivity index (χ3v) is 1.97. The molecule has 0 saturated carbocycles. The van der Waals surface area contributed by atoms with Gasteiger partial charge in [0.25, 0.3) is 0 Å². The van der Waals surface area contributed by atoms with Gasteiger partial charge in [-0.1, -0.05) is 5.16 Å². The third-order valence-electron chi connectivity index (χ3n) is 1.97. The molecule has 0 fully saturated rings. The van der Waals surface area contributed by atoms with Crippen molar-refractivity contribution >= 4 is 6.03 Å². The number of carbonyl (C=O) groups excluding carboxylic acids is 1. The quantitative estimate of drug-likeness (QED) is 0.680. The van der Waals surface area contributed by atoms with Crippen LogP contribution >= 0.6 is 0 Å². The molecule has 2 rings (SSSR count). The first-order chi connectivity index (χ1) is 8.11. The van der Waals surface area contributed by atoms with E-state index in [9.17, 15) is 9.59 Å². The van der Waals surface area contributed by atoms with Crippen LogP contribution in [0.4, 0.5) is 4.79 Å². The van der Waals surface area contributed by atoms with Crippen LogP contribution in [0.2, 0.25) is 0 Å². The van der Waals surface area contributed by atoms with Gasteiger partial charge in [-0.05, 0) is 0 Å². The fraction of sp³-hybridized carbons (Fsp3) is 0.222. The fourth-order valence-corrected chi connectivity index (χ4v) is 1.19. The molecule has 0 aromatic carbocycles. The Kier molecular flexibility index (Phi) is 2.69. The molecule has 2 heterocycles. The number of amides is 1. The smallest absolute Gasteiger partial charge is 0.330 e. The monoisotopic (exact) mass is 235 g/mol. The Labute approximate surface area is 95.5 Å². The number of hydrogen-bond donors (Lipinski definition) is 0. The van der Waals surface area contributed by atoms with Crippen molar-refractivity contribution in [1.82, 2.24) is 24.6 Å². The minimum Gasteiger partial charge on any atom is -0.330 e. The average Bonchev–Trinajstić information content (AvgIpc) is 2.71. The van der Waals surface area contributed by atoms with Crippen molar-refractivity contribution in [2.75, 3.05) is 14.1 Å². The van der Waals surface area contributed by atoms with Crippen LogP contribution in [0, 0.1) is 0 Å². The van der Waals surface area contributed by atoms with Crippen LogP contribution in [0.25, 0.3) is 11.5 Å². The molecule has 0 aliphatic rings. The van der Waals surface area contributed by atoms with E-state index in [1.165, 1.54) is 37.6 Å². The van der Waals surface area contributed by atoms with Crippen LogP contribution in [0.1, 0.15) is 0 Å². The minimum absolute atomic E-state index is 0.0294. The summed E-state index contributed by atoms with van der Waals surface area (Å²) in [5.41, 5.74) is 0.286. The molecule has 0 radical (unpaired) electrons. The highest BCUT2D eigenvalue weighted by Crippen LogP contribution is 2.10. The molecule has 0 atom stereocenters. The van der Waals surface area contributed by atoms with Crippen LogP contribution in [0.3, 0.4) is 0 Å². The Hall–Kier alpha value is -2.51. The molecule has 17 heavy (non-hydrogen) atoms.